The number of likely N-dealkylation sites (tertiary alicyclic amines) is 1. The third-order valence-electron chi connectivity index (χ3n) is 3.34. The Bertz CT molecular complexity index is 389. The van der Waals surface area contributed by atoms with Gasteiger partial charge in [-0.1, -0.05) is 0 Å². The van der Waals surface area contributed by atoms with Gasteiger partial charge in [-0.05, 0) is 19.8 Å². The van der Waals surface area contributed by atoms with Crippen molar-refractivity contribution in [3.8, 4) is 0 Å². The Morgan fingerprint density at radius 1 is 1.35 bits per heavy atom. The molecule has 8 heteroatoms. The summed E-state index contributed by atoms with van der Waals surface area (Å²) in [6, 6.07) is -0.376. The van der Waals surface area contributed by atoms with Crippen molar-refractivity contribution in [1.82, 2.24) is 10.2 Å². The van der Waals surface area contributed by atoms with Gasteiger partial charge in [-0.15, -0.1) is 0 Å². The van der Waals surface area contributed by atoms with Crippen LogP contribution >= 0.6 is 0 Å². The summed E-state index contributed by atoms with van der Waals surface area (Å²) in [5, 5.41) is 20.9. The van der Waals surface area contributed by atoms with Gasteiger partial charge in [0.1, 0.15) is 0 Å². The maximum absolute atomic E-state index is 11.8. The standard InChI is InChI=1S/C12H21N3O5/c1-12(20,6-9(16)17)7-14-11(19)15-4-2-8(3-5-15)10(13)18/h8,20H,2-7H2,1H3,(H2,13,18)(H,14,19)(H,16,17). The molecule has 5 N–H and O–H groups in total. The van der Waals surface area contributed by atoms with Gasteiger partial charge in [-0.3, -0.25) is 9.59 Å². The second-order valence-electron chi connectivity index (χ2n) is 5.39. The molecule has 1 aliphatic heterocycles. The van der Waals surface area contributed by atoms with Crippen LogP contribution in [0, 0.1) is 5.92 Å². The van der Waals surface area contributed by atoms with Crippen molar-refractivity contribution in [1.29, 1.82) is 0 Å². The number of carbonyl (C=O) groups excluding carboxylic acids is 2. The minimum atomic E-state index is -1.49. The Balaban J connectivity index is 2.37. The van der Waals surface area contributed by atoms with E-state index in [4.69, 9.17) is 10.8 Å². The highest BCUT2D eigenvalue weighted by Crippen LogP contribution is 2.16. The first-order valence-corrected chi connectivity index (χ1v) is 6.47. The zero-order chi connectivity index (χ0) is 15.3. The zero-order valence-corrected chi connectivity index (χ0v) is 11.5. The highest BCUT2D eigenvalue weighted by atomic mass is 16.4. The normalized spacial score (nSPS) is 19.2. The van der Waals surface area contributed by atoms with Crippen LogP contribution in [0.25, 0.3) is 0 Å². The molecule has 1 atom stereocenters. The van der Waals surface area contributed by atoms with Crippen LogP contribution in [0.15, 0.2) is 0 Å². The molecule has 1 fully saturated rings. The van der Waals surface area contributed by atoms with Gasteiger partial charge in [0, 0.05) is 25.6 Å². The molecule has 0 aromatic carbocycles. The lowest BCUT2D eigenvalue weighted by Gasteiger charge is -2.31. The molecule has 1 aliphatic rings. The number of nitrogens with two attached hydrogens (primary N) is 1. The Kier molecular flexibility index (Phi) is 5.32. The summed E-state index contributed by atoms with van der Waals surface area (Å²) in [4.78, 5) is 34.9. The number of rotatable bonds is 5. The van der Waals surface area contributed by atoms with Crippen molar-refractivity contribution < 1.29 is 24.6 Å². The zero-order valence-electron chi connectivity index (χ0n) is 11.5. The molecular weight excluding hydrogens is 266 g/mol. The van der Waals surface area contributed by atoms with E-state index >= 15 is 0 Å². The van der Waals surface area contributed by atoms with Gasteiger partial charge in [-0.2, -0.15) is 0 Å². The van der Waals surface area contributed by atoms with Crippen molar-refractivity contribution in [3.63, 3.8) is 0 Å². The van der Waals surface area contributed by atoms with E-state index in [-0.39, 0.29) is 24.4 Å². The van der Waals surface area contributed by atoms with Crippen molar-refractivity contribution in [2.45, 2.75) is 31.8 Å². The van der Waals surface area contributed by atoms with E-state index in [0.29, 0.717) is 25.9 Å². The quantitative estimate of drug-likeness (QED) is 0.521. The molecule has 0 saturated carbocycles. The summed E-state index contributed by atoms with van der Waals surface area (Å²) in [5.41, 5.74) is 3.71. The molecule has 0 aromatic rings. The lowest BCUT2D eigenvalue weighted by Crippen LogP contribution is -2.50. The van der Waals surface area contributed by atoms with E-state index in [1.165, 1.54) is 11.8 Å². The maximum Gasteiger partial charge on any atom is 0.317 e. The summed E-state index contributed by atoms with van der Waals surface area (Å²) in [6.07, 6.45) is 0.597. The summed E-state index contributed by atoms with van der Waals surface area (Å²) in [6.45, 7) is 2.04. The number of hydrogen-bond acceptors (Lipinski definition) is 4. The Morgan fingerprint density at radius 2 is 1.90 bits per heavy atom. The van der Waals surface area contributed by atoms with Gasteiger partial charge in [0.05, 0.1) is 12.0 Å². The number of aliphatic hydroxyl groups is 1. The number of carboxylic acids is 1. The highest BCUT2D eigenvalue weighted by Gasteiger charge is 2.28. The molecule has 0 bridgehead atoms. The molecular formula is C12H21N3O5. The molecule has 1 saturated heterocycles. The van der Waals surface area contributed by atoms with Gasteiger partial charge in [0.15, 0.2) is 0 Å². The van der Waals surface area contributed by atoms with Crippen molar-refractivity contribution >= 4 is 17.9 Å². The molecule has 8 nitrogen and oxygen atoms in total. The minimum absolute atomic E-state index is 0.145. The highest BCUT2D eigenvalue weighted by molar-refractivity contribution is 5.78. The SMILES string of the molecule is CC(O)(CNC(=O)N1CCC(C(N)=O)CC1)CC(=O)O. The second-order valence-corrected chi connectivity index (χ2v) is 5.39. The molecule has 0 aliphatic carbocycles. The first-order valence-electron chi connectivity index (χ1n) is 6.47. The molecule has 3 amide bonds. The van der Waals surface area contributed by atoms with E-state index in [1.54, 1.807) is 0 Å². The summed E-state index contributed by atoms with van der Waals surface area (Å²) in [5.74, 6) is -1.69. The fraction of sp³-hybridized carbons (Fsp3) is 0.750. The number of carboxylic acid groups (broad SMARTS) is 1. The fourth-order valence-corrected chi connectivity index (χ4v) is 2.13. The van der Waals surface area contributed by atoms with Crippen LogP contribution in [0.3, 0.4) is 0 Å². The van der Waals surface area contributed by atoms with E-state index in [2.05, 4.69) is 5.32 Å². The number of hydrogen-bond donors (Lipinski definition) is 4. The average Bonchev–Trinajstić information content (AvgIpc) is 2.34. The van der Waals surface area contributed by atoms with Crippen LogP contribution in [0.1, 0.15) is 26.2 Å². The first-order chi connectivity index (χ1) is 9.21. The summed E-state index contributed by atoms with van der Waals surface area (Å²) < 4.78 is 0. The number of urea groups is 1. The minimum Gasteiger partial charge on any atom is -0.481 e. The van der Waals surface area contributed by atoms with Crippen molar-refractivity contribution in [3.05, 3.63) is 0 Å². The molecule has 1 rings (SSSR count). The smallest absolute Gasteiger partial charge is 0.317 e. The van der Waals surface area contributed by atoms with Crippen LogP contribution in [-0.4, -0.2) is 58.3 Å². The number of primary amides is 1. The average molecular weight is 287 g/mol. The number of carbonyl (C=O) groups is 3. The van der Waals surface area contributed by atoms with Crippen LogP contribution in [0.2, 0.25) is 0 Å². The van der Waals surface area contributed by atoms with Gasteiger partial charge in [0.25, 0.3) is 0 Å². The van der Waals surface area contributed by atoms with Crippen LogP contribution < -0.4 is 11.1 Å². The Hall–Kier alpha value is -1.83. The number of piperidine rings is 1. The fourth-order valence-electron chi connectivity index (χ4n) is 2.13. The molecule has 1 unspecified atom stereocenters. The topological polar surface area (TPSA) is 133 Å². The van der Waals surface area contributed by atoms with Gasteiger partial charge in [0.2, 0.25) is 5.91 Å². The third-order valence-corrected chi connectivity index (χ3v) is 3.34. The number of aliphatic carboxylic acids is 1. The van der Waals surface area contributed by atoms with E-state index in [0.717, 1.165) is 0 Å². The predicted octanol–water partition coefficient (Wildman–Crippen LogP) is -0.881. The molecule has 0 aromatic heterocycles. The lowest BCUT2D eigenvalue weighted by atomic mass is 9.96. The van der Waals surface area contributed by atoms with Crippen molar-refractivity contribution in [2.24, 2.45) is 11.7 Å². The number of amides is 3. The van der Waals surface area contributed by atoms with E-state index < -0.39 is 18.0 Å². The summed E-state index contributed by atoms with van der Waals surface area (Å²) in [7, 11) is 0. The molecule has 20 heavy (non-hydrogen) atoms. The third kappa shape index (κ3) is 5.04. The van der Waals surface area contributed by atoms with Gasteiger partial charge in [-0.25, -0.2) is 4.79 Å². The molecule has 114 valence electrons. The van der Waals surface area contributed by atoms with Crippen LogP contribution in [0.5, 0.6) is 0 Å². The molecule has 0 spiro atoms. The summed E-state index contributed by atoms with van der Waals surface area (Å²) >= 11 is 0. The van der Waals surface area contributed by atoms with Crippen molar-refractivity contribution in [2.75, 3.05) is 19.6 Å². The second kappa shape index (κ2) is 6.56. The number of nitrogens with zero attached hydrogens (tertiary/aromatic N) is 1. The monoisotopic (exact) mass is 287 g/mol. The predicted molar refractivity (Wildman–Crippen MR) is 69.8 cm³/mol. The Labute approximate surface area is 116 Å². The van der Waals surface area contributed by atoms with E-state index in [1.807, 2.05) is 0 Å². The number of nitrogens with one attached hydrogen (secondary N) is 1. The van der Waals surface area contributed by atoms with Gasteiger partial charge >= 0.3 is 12.0 Å². The van der Waals surface area contributed by atoms with Crippen LogP contribution in [0.4, 0.5) is 4.79 Å². The van der Waals surface area contributed by atoms with Crippen LogP contribution in [-0.2, 0) is 9.59 Å². The molecule has 0 radical (unpaired) electrons. The largest absolute Gasteiger partial charge is 0.481 e. The lowest BCUT2D eigenvalue weighted by molar-refractivity contribution is -0.141. The van der Waals surface area contributed by atoms with Gasteiger partial charge < -0.3 is 26.2 Å². The maximum atomic E-state index is 11.8. The first kappa shape index (κ1) is 16.2. The molecule has 1 heterocycles. The Morgan fingerprint density at radius 3 is 2.35 bits per heavy atom. The van der Waals surface area contributed by atoms with E-state index in [9.17, 15) is 19.5 Å².